The lowest BCUT2D eigenvalue weighted by molar-refractivity contribution is 1.09. The molecule has 3 aromatic carbocycles. The number of nitrogens with zero attached hydrogens (tertiary/aromatic N) is 1. The third kappa shape index (κ3) is 3.68. The molecule has 42 heavy (non-hydrogen) atoms. The van der Waals surface area contributed by atoms with E-state index in [-0.39, 0.29) is 0 Å². The molecule has 0 fully saturated rings. The highest BCUT2D eigenvalue weighted by molar-refractivity contribution is 7.26. The molecule has 0 bridgehead atoms. The van der Waals surface area contributed by atoms with E-state index in [2.05, 4.69) is 95.9 Å². The minimum atomic E-state index is 0.508. The van der Waals surface area contributed by atoms with E-state index in [9.17, 15) is 0 Å². The van der Waals surface area contributed by atoms with E-state index in [4.69, 9.17) is 5.41 Å². The smallest absolute Gasteiger partial charge is 0.109 e. The second-order valence-corrected chi connectivity index (χ2v) is 12.5. The Morgan fingerprint density at radius 1 is 0.786 bits per heavy atom. The van der Waals surface area contributed by atoms with Crippen molar-refractivity contribution in [2.24, 2.45) is 0 Å². The maximum atomic E-state index is 8.26. The van der Waals surface area contributed by atoms with E-state index < -0.39 is 0 Å². The zero-order valence-electron chi connectivity index (χ0n) is 22.6. The van der Waals surface area contributed by atoms with Crippen molar-refractivity contribution in [1.29, 1.82) is 5.41 Å². The molecular weight excluding hydrogens is 551 g/mol. The van der Waals surface area contributed by atoms with E-state index in [1.54, 1.807) is 11.3 Å². The summed E-state index contributed by atoms with van der Waals surface area (Å²) in [4.78, 5) is 2.33. The van der Waals surface area contributed by atoms with Crippen molar-refractivity contribution in [3.63, 3.8) is 0 Å². The molecule has 1 aliphatic carbocycles. The molecule has 5 heteroatoms. The van der Waals surface area contributed by atoms with Gasteiger partial charge in [0, 0.05) is 64.5 Å². The van der Waals surface area contributed by atoms with Gasteiger partial charge in [0.25, 0.3) is 0 Å². The average Bonchev–Trinajstić information content (AvgIpc) is 3.68. The maximum Gasteiger partial charge on any atom is 0.109 e. The van der Waals surface area contributed by atoms with Crippen molar-refractivity contribution < 1.29 is 0 Å². The van der Waals surface area contributed by atoms with Crippen LogP contribution in [0.5, 0.6) is 0 Å². The summed E-state index contributed by atoms with van der Waals surface area (Å²) < 4.78 is 5.00. The zero-order chi connectivity index (χ0) is 28.4. The van der Waals surface area contributed by atoms with E-state index >= 15 is 0 Å². The maximum absolute atomic E-state index is 8.26. The number of hydrogen-bond acceptors (Lipinski definition) is 4. The van der Waals surface area contributed by atoms with Gasteiger partial charge in [-0.15, -0.1) is 22.7 Å². The molecule has 0 saturated heterocycles. The van der Waals surface area contributed by atoms with E-state index in [1.807, 2.05) is 54.0 Å². The highest BCUT2D eigenvalue weighted by Crippen LogP contribution is 2.45. The monoisotopic (exact) mass is 575 g/mol. The van der Waals surface area contributed by atoms with Crippen LogP contribution in [0.4, 0.5) is 0 Å². The largest absolute Gasteiger partial charge is 0.361 e. The second-order valence-electron chi connectivity index (χ2n) is 10.4. The molecule has 3 nitrogen and oxygen atoms in total. The molecule has 0 unspecified atom stereocenters. The van der Waals surface area contributed by atoms with Gasteiger partial charge in [-0.25, -0.2) is 0 Å². The molecule has 1 aliphatic heterocycles. The zero-order valence-corrected chi connectivity index (χ0v) is 24.3. The van der Waals surface area contributed by atoms with Crippen molar-refractivity contribution in [3.05, 3.63) is 144 Å². The van der Waals surface area contributed by atoms with Crippen LogP contribution in [0.3, 0.4) is 0 Å². The van der Waals surface area contributed by atoms with Crippen LogP contribution in [0.1, 0.15) is 16.0 Å². The van der Waals surface area contributed by atoms with Crippen molar-refractivity contribution >= 4 is 87.4 Å². The minimum absolute atomic E-state index is 0.508. The van der Waals surface area contributed by atoms with E-state index in [0.717, 1.165) is 38.5 Å². The fourth-order valence-corrected chi connectivity index (χ4v) is 8.38. The number of dihydropyridines is 1. The summed E-state index contributed by atoms with van der Waals surface area (Å²) in [5.74, 6) is 0. The van der Waals surface area contributed by atoms with Crippen LogP contribution in [0.2, 0.25) is 0 Å². The summed E-state index contributed by atoms with van der Waals surface area (Å²) in [6.07, 6.45) is 17.8. The summed E-state index contributed by atoms with van der Waals surface area (Å²) in [6, 6.07) is 22.1. The van der Waals surface area contributed by atoms with Crippen molar-refractivity contribution in [3.8, 4) is 5.69 Å². The van der Waals surface area contributed by atoms with Crippen molar-refractivity contribution in [2.75, 3.05) is 0 Å². The number of aromatic nitrogens is 1. The van der Waals surface area contributed by atoms with Crippen LogP contribution < -0.4 is 5.32 Å². The van der Waals surface area contributed by atoms with Crippen LogP contribution >= 0.6 is 22.7 Å². The summed E-state index contributed by atoms with van der Waals surface area (Å²) in [6.45, 7) is 8.28. The summed E-state index contributed by atoms with van der Waals surface area (Å²) in [5, 5.41) is 16.7. The van der Waals surface area contributed by atoms with Gasteiger partial charge < -0.3 is 15.3 Å². The summed E-state index contributed by atoms with van der Waals surface area (Å²) in [5.41, 5.74) is 7.98. The number of hydrogen-bond donors (Lipinski definition) is 2. The van der Waals surface area contributed by atoms with Crippen molar-refractivity contribution in [2.45, 2.75) is 0 Å². The molecule has 2 N–H and O–H groups in total. The van der Waals surface area contributed by atoms with Crippen LogP contribution in [-0.4, -0.2) is 10.3 Å². The van der Waals surface area contributed by atoms with Gasteiger partial charge in [0.05, 0.1) is 11.2 Å². The van der Waals surface area contributed by atoms with Crippen LogP contribution in [-0.2, 0) is 0 Å². The third-order valence-corrected chi connectivity index (χ3v) is 10.3. The summed E-state index contributed by atoms with van der Waals surface area (Å²) in [7, 11) is 0. The predicted octanol–water partition coefficient (Wildman–Crippen LogP) is 10.4. The van der Waals surface area contributed by atoms with Crippen LogP contribution in [0.25, 0.3) is 64.7 Å². The molecular formula is C37H25N3S2. The Kier molecular flexibility index (Phi) is 5.64. The van der Waals surface area contributed by atoms with Gasteiger partial charge in [-0.2, -0.15) is 0 Å². The van der Waals surface area contributed by atoms with E-state index in [1.165, 1.54) is 41.3 Å². The Balaban J connectivity index is 1.32. The Morgan fingerprint density at radius 3 is 2.48 bits per heavy atom. The molecule has 0 amide bonds. The van der Waals surface area contributed by atoms with Crippen LogP contribution in [0.15, 0.2) is 128 Å². The first-order chi connectivity index (χ1) is 20.6. The molecule has 6 aromatic rings. The highest BCUT2D eigenvalue weighted by Gasteiger charge is 2.21. The van der Waals surface area contributed by atoms with Gasteiger partial charge in [-0.05, 0) is 53.6 Å². The number of rotatable bonds is 4. The standard InChI is InChI=1S/C37H25N3S2/c1-3-25-33(4-2)42-37-36(25)29-20-35-28(26-12-6-8-15-34(26)41-35)19-32(29)40(37)24-11-9-10-22(18-24)23-16-17-31(39-21-23)27-13-5-7-14-30(27)38/h3-21,38-39H,1-2H2/b31-27-,38-30?. The molecule has 0 spiro atoms. The Hall–Kier alpha value is -4.97. The molecule has 0 saturated carbocycles. The van der Waals surface area contributed by atoms with E-state index in [0.29, 0.717) is 5.71 Å². The van der Waals surface area contributed by atoms with Crippen LogP contribution in [0, 0.1) is 5.41 Å². The lowest BCUT2D eigenvalue weighted by Gasteiger charge is -2.16. The number of allylic oxidation sites excluding steroid dienone is 8. The first-order valence-electron chi connectivity index (χ1n) is 13.7. The molecule has 0 atom stereocenters. The fraction of sp³-hybridized carbons (Fsp3) is 0. The normalized spacial score (nSPS) is 16.6. The molecule has 0 radical (unpaired) electrons. The number of nitrogens with one attached hydrogen (secondary N) is 2. The SMILES string of the molecule is C=Cc1sc2c(c1C=C)c1cc3sc4ccccc4c3cc1n2-c1cccc(C2=CN/C(=C3/C=CC=CC3=N)C=C2)c1. The Labute approximate surface area is 251 Å². The van der Waals surface area contributed by atoms with Crippen molar-refractivity contribution in [1.82, 2.24) is 9.88 Å². The third-order valence-electron chi connectivity index (χ3n) is 8.02. The molecule has 4 heterocycles. The van der Waals surface area contributed by atoms with Gasteiger partial charge in [-0.1, -0.05) is 79.9 Å². The number of benzene rings is 3. The second kappa shape index (κ2) is 9.55. The molecule has 8 rings (SSSR count). The lowest BCUT2D eigenvalue weighted by atomic mass is 9.99. The number of thiophene rings is 2. The average molecular weight is 576 g/mol. The predicted molar refractivity (Wildman–Crippen MR) is 185 cm³/mol. The quantitative estimate of drug-likeness (QED) is 0.216. The Morgan fingerprint density at radius 2 is 1.67 bits per heavy atom. The topological polar surface area (TPSA) is 40.8 Å². The Bertz CT molecular complexity index is 2320. The lowest BCUT2D eigenvalue weighted by Crippen LogP contribution is -2.14. The first kappa shape index (κ1) is 24.8. The first-order valence-corrected chi connectivity index (χ1v) is 15.4. The number of fused-ring (bicyclic) bond motifs is 6. The highest BCUT2D eigenvalue weighted by atomic mass is 32.1. The van der Waals surface area contributed by atoms with Gasteiger partial charge >= 0.3 is 0 Å². The molecule has 2 aliphatic rings. The minimum Gasteiger partial charge on any atom is -0.361 e. The molecule has 3 aromatic heterocycles. The van der Waals surface area contributed by atoms with Gasteiger partial charge in [0.1, 0.15) is 4.83 Å². The van der Waals surface area contributed by atoms with Gasteiger partial charge in [-0.3, -0.25) is 0 Å². The van der Waals surface area contributed by atoms with Gasteiger partial charge in [0.2, 0.25) is 0 Å². The summed E-state index contributed by atoms with van der Waals surface area (Å²) >= 11 is 3.61. The fourth-order valence-electron chi connectivity index (χ4n) is 6.05. The molecule has 200 valence electrons. The van der Waals surface area contributed by atoms with Gasteiger partial charge in [0.15, 0.2) is 0 Å².